The van der Waals surface area contributed by atoms with Crippen LogP contribution in [0.2, 0.25) is 0 Å². The highest BCUT2D eigenvalue weighted by Crippen LogP contribution is 2.43. The third-order valence-corrected chi connectivity index (χ3v) is 6.06. The Hall–Kier alpha value is -2.34. The van der Waals surface area contributed by atoms with Crippen LogP contribution >= 0.6 is 0 Å². The third kappa shape index (κ3) is 2.35. The Labute approximate surface area is 146 Å². The molecule has 0 amide bonds. The molecule has 5 rings (SSSR count). The molecule has 0 bridgehead atoms. The number of anilines is 1. The summed E-state index contributed by atoms with van der Waals surface area (Å²) < 4.78 is 4.00. The first-order valence-corrected chi connectivity index (χ1v) is 9.03. The molecule has 0 radical (unpaired) electrons. The van der Waals surface area contributed by atoms with Crippen molar-refractivity contribution in [3.8, 4) is 0 Å². The summed E-state index contributed by atoms with van der Waals surface area (Å²) in [5.41, 5.74) is 2.30. The van der Waals surface area contributed by atoms with E-state index in [1.165, 1.54) is 11.1 Å². The number of aromatic nitrogens is 4. The number of aliphatic hydroxyl groups is 1. The predicted octanol–water partition coefficient (Wildman–Crippen LogP) is 2.22. The van der Waals surface area contributed by atoms with Crippen LogP contribution in [0.3, 0.4) is 0 Å². The first-order chi connectivity index (χ1) is 12.2. The highest BCUT2D eigenvalue weighted by atomic mass is 16.3. The summed E-state index contributed by atoms with van der Waals surface area (Å²) in [6.07, 6.45) is 9.28. The Morgan fingerprint density at radius 3 is 2.72 bits per heavy atom. The van der Waals surface area contributed by atoms with E-state index in [1.54, 1.807) is 6.20 Å². The summed E-state index contributed by atoms with van der Waals surface area (Å²) in [5.74, 6) is 1.15. The van der Waals surface area contributed by atoms with Crippen LogP contribution in [-0.2, 0) is 7.05 Å². The van der Waals surface area contributed by atoms with Crippen LogP contribution < -0.4 is 4.90 Å². The zero-order valence-corrected chi connectivity index (χ0v) is 14.4. The van der Waals surface area contributed by atoms with Gasteiger partial charge >= 0.3 is 0 Å². The monoisotopic (exact) mass is 337 g/mol. The zero-order valence-electron chi connectivity index (χ0n) is 14.4. The van der Waals surface area contributed by atoms with Gasteiger partial charge in [0.05, 0.1) is 12.1 Å². The van der Waals surface area contributed by atoms with Crippen LogP contribution in [0.15, 0.2) is 43.0 Å². The Bertz CT molecular complexity index is 887. The molecule has 6 nitrogen and oxygen atoms in total. The molecule has 1 aliphatic heterocycles. The van der Waals surface area contributed by atoms with E-state index in [9.17, 15) is 5.11 Å². The molecule has 4 heterocycles. The number of fused-ring (bicyclic) bond motifs is 2. The predicted molar refractivity (Wildman–Crippen MR) is 96.4 cm³/mol. The van der Waals surface area contributed by atoms with E-state index in [0.29, 0.717) is 11.8 Å². The molecule has 1 aliphatic carbocycles. The van der Waals surface area contributed by atoms with E-state index in [-0.39, 0.29) is 12.1 Å². The summed E-state index contributed by atoms with van der Waals surface area (Å²) in [7, 11) is 2.04. The zero-order chi connectivity index (χ0) is 17.0. The van der Waals surface area contributed by atoms with Crippen LogP contribution in [0, 0.1) is 11.8 Å². The molecule has 3 aromatic heterocycles. The maximum atomic E-state index is 10.6. The molecule has 6 heteroatoms. The van der Waals surface area contributed by atoms with Crippen molar-refractivity contribution >= 4 is 16.7 Å². The second-order valence-electron chi connectivity index (χ2n) is 7.51. The van der Waals surface area contributed by atoms with Crippen molar-refractivity contribution in [3.05, 3.63) is 43.0 Å². The fraction of sp³-hybridized carbons (Fsp3) is 0.474. The lowest BCUT2D eigenvalue weighted by atomic mass is 9.77. The van der Waals surface area contributed by atoms with E-state index in [1.807, 2.05) is 30.2 Å². The second kappa shape index (κ2) is 5.59. The molecule has 130 valence electrons. The number of rotatable bonds is 2. The first kappa shape index (κ1) is 15.0. The number of aliphatic hydroxyl groups excluding tert-OH is 1. The number of aryl methyl sites for hydroxylation is 1. The second-order valence-corrected chi connectivity index (χ2v) is 7.51. The Balaban J connectivity index is 1.42. The lowest BCUT2D eigenvalue weighted by Crippen LogP contribution is -2.36. The van der Waals surface area contributed by atoms with Gasteiger partial charge in [-0.2, -0.15) is 5.10 Å². The summed E-state index contributed by atoms with van der Waals surface area (Å²) in [6.45, 7) is 2.06. The van der Waals surface area contributed by atoms with Gasteiger partial charge in [0.2, 0.25) is 0 Å². The van der Waals surface area contributed by atoms with Crippen LogP contribution in [-0.4, -0.2) is 43.6 Å². The van der Waals surface area contributed by atoms with Crippen molar-refractivity contribution < 1.29 is 5.11 Å². The molecule has 3 aromatic rings. The Morgan fingerprint density at radius 2 is 1.92 bits per heavy atom. The highest BCUT2D eigenvalue weighted by Gasteiger charge is 2.42. The molecular formula is C19H23N5O. The summed E-state index contributed by atoms with van der Waals surface area (Å²) in [6, 6.07) is 6.32. The fourth-order valence-electron chi connectivity index (χ4n) is 4.79. The summed E-state index contributed by atoms with van der Waals surface area (Å²) >= 11 is 0. The lowest BCUT2D eigenvalue weighted by molar-refractivity contribution is 0.0306. The van der Waals surface area contributed by atoms with Gasteiger partial charge in [-0.25, -0.2) is 4.98 Å². The van der Waals surface area contributed by atoms with E-state index < -0.39 is 0 Å². The molecule has 0 unspecified atom stereocenters. The maximum absolute atomic E-state index is 10.6. The van der Waals surface area contributed by atoms with E-state index in [0.717, 1.165) is 31.6 Å². The standard InChI is InChI=1S/C19H23N5O/c1-22-8-4-15-16(3-6-20-19(15)22)23-11-13-9-17(24-7-2-5-21-24)18(25)10-14(13)12-23/h2-8,13-14,17-18,25H,9-12H2,1H3/t13-,14+,17-,18-/m1/s1. The average molecular weight is 337 g/mol. The lowest BCUT2D eigenvalue weighted by Gasteiger charge is -2.35. The van der Waals surface area contributed by atoms with Crippen LogP contribution in [0.1, 0.15) is 18.9 Å². The van der Waals surface area contributed by atoms with Crippen molar-refractivity contribution in [1.29, 1.82) is 0 Å². The van der Waals surface area contributed by atoms with Gasteiger partial charge < -0.3 is 14.6 Å². The van der Waals surface area contributed by atoms with Crippen molar-refractivity contribution in [2.24, 2.45) is 18.9 Å². The van der Waals surface area contributed by atoms with Gasteiger partial charge in [0.15, 0.2) is 0 Å². The molecule has 1 saturated carbocycles. The van der Waals surface area contributed by atoms with E-state index in [4.69, 9.17) is 0 Å². The van der Waals surface area contributed by atoms with Gasteiger partial charge in [-0.1, -0.05) is 0 Å². The van der Waals surface area contributed by atoms with Gasteiger partial charge in [0, 0.05) is 56.0 Å². The minimum absolute atomic E-state index is 0.102. The molecule has 25 heavy (non-hydrogen) atoms. The Kier molecular flexibility index (Phi) is 3.35. The van der Waals surface area contributed by atoms with Crippen LogP contribution in [0.4, 0.5) is 5.69 Å². The Morgan fingerprint density at radius 1 is 1.08 bits per heavy atom. The number of hydrogen-bond acceptors (Lipinski definition) is 4. The van der Waals surface area contributed by atoms with Gasteiger partial charge in [0.1, 0.15) is 5.65 Å². The van der Waals surface area contributed by atoms with Crippen molar-refractivity contribution in [1.82, 2.24) is 19.3 Å². The summed E-state index contributed by atoms with van der Waals surface area (Å²) in [5, 5.41) is 16.2. The number of hydrogen-bond donors (Lipinski definition) is 1. The highest BCUT2D eigenvalue weighted by molar-refractivity contribution is 5.90. The minimum Gasteiger partial charge on any atom is -0.391 e. The molecule has 4 atom stereocenters. The molecule has 2 fully saturated rings. The molecular weight excluding hydrogens is 314 g/mol. The van der Waals surface area contributed by atoms with E-state index >= 15 is 0 Å². The topological polar surface area (TPSA) is 59.1 Å². The number of pyridine rings is 1. The summed E-state index contributed by atoms with van der Waals surface area (Å²) in [4.78, 5) is 6.99. The minimum atomic E-state index is -0.310. The van der Waals surface area contributed by atoms with Crippen molar-refractivity contribution in [3.63, 3.8) is 0 Å². The van der Waals surface area contributed by atoms with Crippen LogP contribution in [0.25, 0.3) is 11.0 Å². The van der Waals surface area contributed by atoms with Gasteiger partial charge in [-0.05, 0) is 42.9 Å². The van der Waals surface area contributed by atoms with Crippen LogP contribution in [0.5, 0.6) is 0 Å². The maximum Gasteiger partial charge on any atom is 0.141 e. The molecule has 2 aliphatic rings. The SMILES string of the molecule is Cn1ccc2c(N3C[C@H]4C[C@@H](n5cccn5)[C@H](O)C[C@H]4C3)ccnc21. The normalized spacial score (nSPS) is 29.3. The molecule has 0 aromatic carbocycles. The molecule has 1 N–H and O–H groups in total. The fourth-order valence-corrected chi connectivity index (χ4v) is 4.79. The average Bonchev–Trinajstić information content (AvgIpc) is 3.33. The van der Waals surface area contributed by atoms with Gasteiger partial charge in [-0.3, -0.25) is 4.68 Å². The number of nitrogens with zero attached hydrogens (tertiary/aromatic N) is 5. The third-order valence-electron chi connectivity index (χ3n) is 6.06. The van der Waals surface area contributed by atoms with Crippen molar-refractivity contribution in [2.45, 2.75) is 25.0 Å². The first-order valence-electron chi connectivity index (χ1n) is 9.03. The van der Waals surface area contributed by atoms with Crippen molar-refractivity contribution in [2.75, 3.05) is 18.0 Å². The van der Waals surface area contributed by atoms with E-state index in [2.05, 4.69) is 37.9 Å². The quantitative estimate of drug-likeness (QED) is 0.779. The van der Waals surface area contributed by atoms with Gasteiger partial charge in [0.25, 0.3) is 0 Å². The van der Waals surface area contributed by atoms with Gasteiger partial charge in [-0.15, -0.1) is 0 Å². The molecule has 0 spiro atoms. The smallest absolute Gasteiger partial charge is 0.141 e. The molecule has 1 saturated heterocycles. The largest absolute Gasteiger partial charge is 0.391 e.